The molecule has 0 saturated heterocycles. The van der Waals surface area contributed by atoms with Gasteiger partial charge in [-0.3, -0.25) is 4.79 Å². The lowest BCUT2D eigenvalue weighted by molar-refractivity contribution is -0.120. The average Bonchev–Trinajstić information content (AvgIpc) is 2.48. The Kier molecular flexibility index (Phi) is 4.89. The van der Waals surface area contributed by atoms with Crippen LogP contribution in [0.2, 0.25) is 0 Å². The molecule has 0 spiro atoms. The van der Waals surface area contributed by atoms with Gasteiger partial charge in [-0.15, -0.1) is 11.6 Å². The number of ether oxygens (including phenoxy) is 1. The first-order valence-corrected chi connectivity index (χ1v) is 7.40. The highest BCUT2D eigenvalue weighted by Crippen LogP contribution is 2.35. The Bertz CT molecular complexity index is 489. The molecule has 0 aromatic heterocycles. The fourth-order valence-corrected chi connectivity index (χ4v) is 2.63. The summed E-state index contributed by atoms with van der Waals surface area (Å²) in [5.74, 6) is 0.701. The van der Waals surface area contributed by atoms with E-state index in [-0.39, 0.29) is 17.9 Å². The summed E-state index contributed by atoms with van der Waals surface area (Å²) in [5, 5.41) is -0.0920. The Morgan fingerprint density at radius 1 is 1.40 bits per heavy atom. The van der Waals surface area contributed by atoms with Crippen LogP contribution < -0.4 is 9.64 Å². The van der Waals surface area contributed by atoms with E-state index in [1.807, 2.05) is 18.2 Å². The molecule has 1 aromatic carbocycles. The lowest BCUT2D eigenvalue weighted by Gasteiger charge is -2.27. The van der Waals surface area contributed by atoms with Crippen molar-refractivity contribution in [3.8, 4) is 5.75 Å². The maximum atomic E-state index is 11.7. The highest BCUT2D eigenvalue weighted by atomic mass is 35.5. The number of carbonyl (C=O) groups excluding carboxylic acids is 1. The molecule has 1 aromatic rings. The largest absolute Gasteiger partial charge is 0.482 e. The zero-order valence-electron chi connectivity index (χ0n) is 12.2. The van der Waals surface area contributed by atoms with Crippen LogP contribution in [0.4, 0.5) is 5.69 Å². The first-order chi connectivity index (χ1) is 9.56. The number of halogens is 1. The number of likely N-dealkylation sites (N-methyl/N-ethyl adjacent to an activating group) is 2. The smallest absolute Gasteiger partial charge is 0.264 e. The van der Waals surface area contributed by atoms with Crippen LogP contribution in [0.25, 0.3) is 0 Å². The van der Waals surface area contributed by atoms with Crippen molar-refractivity contribution in [1.82, 2.24) is 4.90 Å². The molecule has 0 aliphatic carbocycles. The van der Waals surface area contributed by atoms with Crippen molar-refractivity contribution >= 4 is 23.2 Å². The Labute approximate surface area is 125 Å². The van der Waals surface area contributed by atoms with Gasteiger partial charge in [0.05, 0.1) is 11.1 Å². The number of amides is 1. The summed E-state index contributed by atoms with van der Waals surface area (Å²) in [7, 11) is 1.76. The van der Waals surface area contributed by atoms with Crippen molar-refractivity contribution < 1.29 is 9.53 Å². The van der Waals surface area contributed by atoms with Gasteiger partial charge in [-0.25, -0.2) is 0 Å². The van der Waals surface area contributed by atoms with Crippen molar-refractivity contribution in [1.29, 1.82) is 0 Å². The SMILES string of the molecule is CCN(CC)CC(Cl)c1ccc2c(c1)N(C)C(=O)CO2. The van der Waals surface area contributed by atoms with Gasteiger partial charge < -0.3 is 14.5 Å². The normalized spacial score (nSPS) is 16.1. The quantitative estimate of drug-likeness (QED) is 0.783. The number of nitrogens with zero attached hydrogens (tertiary/aromatic N) is 2. The molecule has 1 aliphatic rings. The minimum absolute atomic E-state index is 0.0375. The van der Waals surface area contributed by atoms with Crippen LogP contribution in [-0.2, 0) is 4.79 Å². The van der Waals surface area contributed by atoms with Crippen molar-refractivity contribution in [2.75, 3.05) is 38.2 Å². The molecule has 0 fully saturated rings. The molecule has 5 heteroatoms. The number of fused-ring (bicyclic) bond motifs is 1. The van der Waals surface area contributed by atoms with Gasteiger partial charge in [0.2, 0.25) is 0 Å². The van der Waals surface area contributed by atoms with Crippen LogP contribution in [0.3, 0.4) is 0 Å². The van der Waals surface area contributed by atoms with Gasteiger partial charge in [0.15, 0.2) is 6.61 Å². The molecule has 2 rings (SSSR count). The number of benzene rings is 1. The Morgan fingerprint density at radius 2 is 2.10 bits per heavy atom. The first-order valence-electron chi connectivity index (χ1n) is 6.96. The van der Waals surface area contributed by atoms with Crippen LogP contribution >= 0.6 is 11.6 Å². The van der Waals surface area contributed by atoms with E-state index in [0.717, 1.165) is 36.6 Å². The molecule has 20 heavy (non-hydrogen) atoms. The second-order valence-corrected chi connectivity index (χ2v) is 5.45. The van der Waals surface area contributed by atoms with Gasteiger partial charge in [-0.2, -0.15) is 0 Å². The van der Waals surface area contributed by atoms with Gasteiger partial charge in [-0.1, -0.05) is 19.9 Å². The molecule has 1 heterocycles. The van der Waals surface area contributed by atoms with E-state index in [1.54, 1.807) is 11.9 Å². The molecule has 110 valence electrons. The summed E-state index contributed by atoms with van der Waals surface area (Å²) >= 11 is 6.50. The van der Waals surface area contributed by atoms with Gasteiger partial charge in [0.1, 0.15) is 5.75 Å². The highest BCUT2D eigenvalue weighted by molar-refractivity contribution is 6.21. The molecule has 0 N–H and O–H groups in total. The number of hydrogen-bond acceptors (Lipinski definition) is 3. The van der Waals surface area contributed by atoms with E-state index in [0.29, 0.717) is 0 Å². The number of carbonyl (C=O) groups is 1. The minimum Gasteiger partial charge on any atom is -0.482 e. The van der Waals surface area contributed by atoms with Crippen molar-refractivity contribution in [2.45, 2.75) is 19.2 Å². The fourth-order valence-electron chi connectivity index (χ4n) is 2.30. The van der Waals surface area contributed by atoms with Gasteiger partial charge in [0, 0.05) is 13.6 Å². The van der Waals surface area contributed by atoms with Gasteiger partial charge in [0.25, 0.3) is 5.91 Å². The number of rotatable bonds is 5. The molecule has 1 aliphatic heterocycles. The number of alkyl halides is 1. The standard InChI is InChI=1S/C15H21ClN2O2/c1-4-18(5-2)9-12(16)11-6-7-14-13(8-11)17(3)15(19)10-20-14/h6-8,12H,4-5,9-10H2,1-3H3. The van der Waals surface area contributed by atoms with Crippen LogP contribution in [0, 0.1) is 0 Å². The summed E-state index contributed by atoms with van der Waals surface area (Å²) < 4.78 is 5.42. The molecule has 0 saturated carbocycles. The minimum atomic E-state index is -0.0920. The third kappa shape index (κ3) is 3.07. The van der Waals surface area contributed by atoms with Crippen molar-refractivity contribution in [2.24, 2.45) is 0 Å². The monoisotopic (exact) mass is 296 g/mol. The second kappa shape index (κ2) is 6.46. The molecule has 0 bridgehead atoms. The zero-order valence-corrected chi connectivity index (χ0v) is 13.0. The zero-order chi connectivity index (χ0) is 14.7. The van der Waals surface area contributed by atoms with Crippen LogP contribution in [0.1, 0.15) is 24.8 Å². The molecule has 4 nitrogen and oxygen atoms in total. The van der Waals surface area contributed by atoms with Gasteiger partial charge >= 0.3 is 0 Å². The van der Waals surface area contributed by atoms with E-state index in [4.69, 9.17) is 16.3 Å². The third-order valence-electron chi connectivity index (χ3n) is 3.74. The Morgan fingerprint density at radius 3 is 2.75 bits per heavy atom. The predicted molar refractivity (Wildman–Crippen MR) is 81.7 cm³/mol. The van der Waals surface area contributed by atoms with E-state index >= 15 is 0 Å². The van der Waals surface area contributed by atoms with Crippen LogP contribution in [0.15, 0.2) is 18.2 Å². The molecule has 1 atom stereocenters. The number of hydrogen-bond donors (Lipinski definition) is 0. The summed E-state index contributed by atoms with van der Waals surface area (Å²) in [6, 6.07) is 5.82. The van der Waals surface area contributed by atoms with E-state index in [2.05, 4.69) is 18.7 Å². The Hall–Kier alpha value is -1.26. The van der Waals surface area contributed by atoms with Crippen molar-refractivity contribution in [3.05, 3.63) is 23.8 Å². The average molecular weight is 297 g/mol. The molecule has 1 unspecified atom stereocenters. The lowest BCUT2D eigenvalue weighted by atomic mass is 10.1. The topological polar surface area (TPSA) is 32.8 Å². The summed E-state index contributed by atoms with van der Waals surface area (Å²) in [6.07, 6.45) is 0. The van der Waals surface area contributed by atoms with Gasteiger partial charge in [-0.05, 0) is 30.8 Å². The predicted octanol–water partition coefficient (Wildman–Crippen LogP) is 2.66. The maximum absolute atomic E-state index is 11.7. The third-order valence-corrected chi connectivity index (χ3v) is 4.13. The molecule has 1 amide bonds. The Balaban J connectivity index is 2.20. The second-order valence-electron chi connectivity index (χ2n) is 4.92. The maximum Gasteiger partial charge on any atom is 0.264 e. The first kappa shape index (κ1) is 15.1. The van der Waals surface area contributed by atoms with E-state index in [1.165, 1.54) is 0 Å². The van der Waals surface area contributed by atoms with Crippen LogP contribution in [0.5, 0.6) is 5.75 Å². The fraction of sp³-hybridized carbons (Fsp3) is 0.533. The summed E-state index contributed by atoms with van der Waals surface area (Å²) in [6.45, 7) is 7.11. The molecule has 0 radical (unpaired) electrons. The summed E-state index contributed by atoms with van der Waals surface area (Å²) in [4.78, 5) is 15.6. The van der Waals surface area contributed by atoms with E-state index in [9.17, 15) is 4.79 Å². The molecular weight excluding hydrogens is 276 g/mol. The van der Waals surface area contributed by atoms with E-state index < -0.39 is 0 Å². The molecular formula is C15H21ClN2O2. The summed E-state index contributed by atoms with van der Waals surface area (Å²) in [5.41, 5.74) is 1.81. The van der Waals surface area contributed by atoms with Crippen LogP contribution in [-0.4, -0.2) is 44.1 Å². The highest BCUT2D eigenvalue weighted by Gasteiger charge is 2.23. The van der Waals surface area contributed by atoms with Crippen molar-refractivity contribution in [3.63, 3.8) is 0 Å². The lowest BCUT2D eigenvalue weighted by Crippen LogP contribution is -2.35. The number of anilines is 1.